The highest BCUT2D eigenvalue weighted by Gasteiger charge is 2.33. The normalized spacial score (nSPS) is 22.2. The molecule has 0 aliphatic carbocycles. The van der Waals surface area contributed by atoms with Crippen molar-refractivity contribution in [1.29, 1.82) is 0 Å². The molecule has 1 aliphatic heterocycles. The van der Waals surface area contributed by atoms with Crippen LogP contribution in [0.4, 0.5) is 14.5 Å². The molecule has 1 fully saturated rings. The summed E-state index contributed by atoms with van der Waals surface area (Å²) in [5.74, 6) is -3.03. The molecule has 1 heterocycles. The van der Waals surface area contributed by atoms with Gasteiger partial charge in [-0.2, -0.15) is 4.39 Å². The molecule has 0 spiro atoms. The summed E-state index contributed by atoms with van der Waals surface area (Å²) >= 11 is 3.42. The van der Waals surface area contributed by atoms with E-state index in [2.05, 4.69) is 15.9 Å². The number of benzene rings is 1. The van der Waals surface area contributed by atoms with Crippen LogP contribution in [-0.4, -0.2) is 33.6 Å². The lowest BCUT2D eigenvalue weighted by molar-refractivity contribution is -0.387. The van der Waals surface area contributed by atoms with Crippen molar-refractivity contribution in [2.45, 2.75) is 18.2 Å². The monoisotopic (exact) mass is 362 g/mol. The topological polar surface area (TPSA) is 63.5 Å². The zero-order chi connectivity index (χ0) is 15.7. The number of rotatable bonds is 2. The van der Waals surface area contributed by atoms with Crippen LogP contribution >= 0.6 is 15.9 Å². The second-order valence-corrected chi connectivity index (χ2v) is 6.22. The number of amides is 1. The summed E-state index contributed by atoms with van der Waals surface area (Å²) in [6.45, 7) is 2.68. The Morgan fingerprint density at radius 2 is 2.14 bits per heavy atom. The second-order valence-electron chi connectivity index (χ2n) is 5.05. The highest BCUT2D eigenvalue weighted by molar-refractivity contribution is 9.09. The van der Waals surface area contributed by atoms with Crippen LogP contribution in [0.3, 0.4) is 0 Å². The number of hydrogen-bond acceptors (Lipinski definition) is 3. The van der Waals surface area contributed by atoms with Crippen LogP contribution < -0.4 is 0 Å². The first kappa shape index (κ1) is 15.8. The molecule has 1 aromatic rings. The summed E-state index contributed by atoms with van der Waals surface area (Å²) in [6.07, 6.45) is 0.694. The summed E-state index contributed by atoms with van der Waals surface area (Å²) < 4.78 is 27.8. The van der Waals surface area contributed by atoms with Crippen molar-refractivity contribution in [1.82, 2.24) is 4.90 Å². The number of nitro groups is 1. The standard InChI is InChI=1S/C13H13BrF2N2O3/c1-7-4-5-17(6-8(7)14)13(19)11-9(15)2-3-10(12(11)16)18(20)21/h2-3,7-8H,4-6H2,1H3. The average Bonchev–Trinajstić information content (AvgIpc) is 2.41. The Kier molecular flexibility index (Phi) is 4.55. The third kappa shape index (κ3) is 3.04. The number of likely N-dealkylation sites (tertiary alicyclic amines) is 1. The molecular weight excluding hydrogens is 350 g/mol. The number of piperidine rings is 1. The molecule has 1 amide bonds. The number of nitro benzene ring substituents is 1. The largest absolute Gasteiger partial charge is 0.337 e. The van der Waals surface area contributed by atoms with Gasteiger partial charge in [-0.05, 0) is 18.4 Å². The number of carbonyl (C=O) groups is 1. The minimum Gasteiger partial charge on any atom is -0.337 e. The van der Waals surface area contributed by atoms with Crippen molar-refractivity contribution in [2.75, 3.05) is 13.1 Å². The van der Waals surface area contributed by atoms with Crippen LogP contribution in [0.2, 0.25) is 0 Å². The van der Waals surface area contributed by atoms with Crippen molar-refractivity contribution in [3.05, 3.63) is 39.4 Å². The van der Waals surface area contributed by atoms with E-state index in [1.807, 2.05) is 6.92 Å². The minimum atomic E-state index is -1.42. The lowest BCUT2D eigenvalue weighted by Gasteiger charge is -2.34. The van der Waals surface area contributed by atoms with E-state index in [1.165, 1.54) is 4.90 Å². The molecule has 1 aliphatic rings. The summed E-state index contributed by atoms with van der Waals surface area (Å²) in [5.41, 5.74) is -1.76. The summed E-state index contributed by atoms with van der Waals surface area (Å²) in [7, 11) is 0. The Labute approximate surface area is 128 Å². The van der Waals surface area contributed by atoms with E-state index in [4.69, 9.17) is 0 Å². The molecule has 0 saturated carbocycles. The van der Waals surface area contributed by atoms with E-state index in [1.54, 1.807) is 0 Å². The Morgan fingerprint density at radius 3 is 2.71 bits per heavy atom. The molecule has 0 N–H and O–H groups in total. The maximum Gasteiger partial charge on any atom is 0.305 e. The molecule has 5 nitrogen and oxygen atoms in total. The zero-order valence-electron chi connectivity index (χ0n) is 11.2. The molecule has 2 rings (SSSR count). The highest BCUT2D eigenvalue weighted by atomic mass is 79.9. The van der Waals surface area contributed by atoms with Crippen molar-refractivity contribution in [3.8, 4) is 0 Å². The molecule has 2 unspecified atom stereocenters. The third-order valence-corrected chi connectivity index (χ3v) is 4.83. The zero-order valence-corrected chi connectivity index (χ0v) is 12.8. The molecule has 8 heteroatoms. The van der Waals surface area contributed by atoms with Gasteiger partial charge in [-0.3, -0.25) is 14.9 Å². The molecular formula is C13H13BrF2N2O3. The van der Waals surface area contributed by atoms with Gasteiger partial charge in [0.1, 0.15) is 11.4 Å². The van der Waals surface area contributed by atoms with Crippen molar-refractivity contribution in [3.63, 3.8) is 0 Å². The molecule has 21 heavy (non-hydrogen) atoms. The predicted octanol–water partition coefficient (Wildman–Crippen LogP) is 3.12. The summed E-state index contributed by atoms with van der Waals surface area (Å²) in [5, 5.41) is 10.7. The van der Waals surface area contributed by atoms with Gasteiger partial charge in [0, 0.05) is 24.0 Å². The summed E-state index contributed by atoms with van der Waals surface area (Å²) in [4.78, 5) is 23.3. The molecule has 0 radical (unpaired) electrons. The van der Waals surface area contributed by atoms with Crippen LogP contribution in [-0.2, 0) is 0 Å². The van der Waals surface area contributed by atoms with Gasteiger partial charge in [-0.15, -0.1) is 0 Å². The maximum atomic E-state index is 14.0. The predicted molar refractivity (Wildman–Crippen MR) is 75.4 cm³/mol. The number of alkyl halides is 1. The number of nitrogens with zero attached hydrogens (tertiary/aromatic N) is 2. The summed E-state index contributed by atoms with van der Waals surface area (Å²) in [6, 6.07) is 1.46. The van der Waals surface area contributed by atoms with Crippen molar-refractivity contribution < 1.29 is 18.5 Å². The van der Waals surface area contributed by atoms with Crippen molar-refractivity contribution in [2.24, 2.45) is 5.92 Å². The van der Waals surface area contributed by atoms with E-state index >= 15 is 0 Å². The van der Waals surface area contributed by atoms with Crippen LogP contribution in [0.25, 0.3) is 0 Å². The molecule has 114 valence electrons. The molecule has 1 aromatic carbocycles. The number of hydrogen-bond donors (Lipinski definition) is 0. The number of halogens is 3. The van der Waals surface area contributed by atoms with E-state index in [-0.39, 0.29) is 4.83 Å². The van der Waals surface area contributed by atoms with Gasteiger partial charge in [0.2, 0.25) is 5.82 Å². The Morgan fingerprint density at radius 1 is 1.48 bits per heavy atom. The average molecular weight is 363 g/mol. The lowest BCUT2D eigenvalue weighted by Crippen LogP contribution is -2.44. The second kappa shape index (κ2) is 6.05. The molecule has 1 saturated heterocycles. The van der Waals surface area contributed by atoms with Crippen LogP contribution in [0.15, 0.2) is 12.1 Å². The van der Waals surface area contributed by atoms with E-state index < -0.39 is 33.7 Å². The van der Waals surface area contributed by atoms with Gasteiger partial charge in [0.05, 0.1) is 4.92 Å². The fourth-order valence-electron chi connectivity index (χ4n) is 2.24. The Hall–Kier alpha value is -1.57. The van der Waals surface area contributed by atoms with E-state index in [0.29, 0.717) is 31.5 Å². The fourth-order valence-corrected chi connectivity index (χ4v) is 2.86. The molecule has 0 aromatic heterocycles. The SMILES string of the molecule is CC1CCN(C(=O)c2c(F)ccc([N+](=O)[O-])c2F)CC1Br. The van der Waals surface area contributed by atoms with Gasteiger partial charge in [-0.25, -0.2) is 4.39 Å². The Bertz CT molecular complexity index is 597. The third-order valence-electron chi connectivity index (χ3n) is 3.64. The smallest absolute Gasteiger partial charge is 0.305 e. The van der Waals surface area contributed by atoms with Gasteiger partial charge < -0.3 is 4.90 Å². The lowest BCUT2D eigenvalue weighted by atomic mass is 9.98. The maximum absolute atomic E-state index is 14.0. The van der Waals surface area contributed by atoms with Crippen LogP contribution in [0, 0.1) is 27.7 Å². The van der Waals surface area contributed by atoms with Gasteiger partial charge in [-0.1, -0.05) is 22.9 Å². The van der Waals surface area contributed by atoms with Gasteiger partial charge in [0.25, 0.3) is 5.91 Å². The highest BCUT2D eigenvalue weighted by Crippen LogP contribution is 2.28. The molecule has 2 atom stereocenters. The quantitative estimate of drug-likeness (QED) is 0.461. The molecule has 0 bridgehead atoms. The van der Waals surface area contributed by atoms with Crippen molar-refractivity contribution >= 4 is 27.5 Å². The minimum absolute atomic E-state index is 0.0278. The first-order valence-electron chi connectivity index (χ1n) is 6.38. The number of carbonyl (C=O) groups excluding carboxylic acids is 1. The first-order valence-corrected chi connectivity index (χ1v) is 7.30. The van der Waals surface area contributed by atoms with E-state index in [0.717, 1.165) is 6.07 Å². The Balaban J connectivity index is 2.35. The van der Waals surface area contributed by atoms with Gasteiger partial charge in [0.15, 0.2) is 0 Å². The van der Waals surface area contributed by atoms with E-state index in [9.17, 15) is 23.7 Å². The van der Waals surface area contributed by atoms with Gasteiger partial charge >= 0.3 is 5.69 Å². The van der Waals surface area contributed by atoms with Crippen LogP contribution in [0.5, 0.6) is 0 Å². The fraction of sp³-hybridized carbons (Fsp3) is 0.462. The van der Waals surface area contributed by atoms with Crippen LogP contribution in [0.1, 0.15) is 23.7 Å². The first-order chi connectivity index (χ1) is 9.82.